The third kappa shape index (κ3) is 5.06. The molecule has 1 aliphatic rings. The number of thiazole rings is 1. The molecule has 1 N–H and O–H groups in total. The van der Waals surface area contributed by atoms with Crippen LogP contribution in [-0.2, 0) is 17.8 Å². The standard InChI is InChI=1S/C18H23FN4OS/c1-12-8-20-17(19)7-15(12)6-14-4-3-5-23(10-14)11-16-9-21-18(25-16)22-13(2)24/h7-9,14H,3-6,10-11H2,1-2H3,(H,21,22,24). The maximum Gasteiger partial charge on any atom is 0.223 e. The minimum atomic E-state index is -0.400. The molecular weight excluding hydrogens is 339 g/mol. The molecule has 7 heteroatoms. The average molecular weight is 362 g/mol. The molecule has 0 spiro atoms. The van der Waals surface area contributed by atoms with Crippen LogP contribution in [0.5, 0.6) is 0 Å². The highest BCUT2D eigenvalue weighted by molar-refractivity contribution is 7.15. The predicted octanol–water partition coefficient (Wildman–Crippen LogP) is 3.40. The van der Waals surface area contributed by atoms with Crippen LogP contribution in [0.25, 0.3) is 0 Å². The highest BCUT2D eigenvalue weighted by atomic mass is 32.1. The van der Waals surface area contributed by atoms with Gasteiger partial charge in [-0.25, -0.2) is 9.97 Å². The van der Waals surface area contributed by atoms with Crippen molar-refractivity contribution in [3.63, 3.8) is 0 Å². The van der Waals surface area contributed by atoms with Gasteiger partial charge in [-0.1, -0.05) is 0 Å². The van der Waals surface area contributed by atoms with E-state index in [0.717, 1.165) is 48.5 Å². The van der Waals surface area contributed by atoms with E-state index < -0.39 is 5.95 Å². The van der Waals surface area contributed by atoms with Crippen LogP contribution in [0, 0.1) is 18.8 Å². The number of nitrogens with zero attached hydrogens (tertiary/aromatic N) is 3. The van der Waals surface area contributed by atoms with Gasteiger partial charge >= 0.3 is 0 Å². The second-order valence-corrected chi connectivity index (χ2v) is 7.81. The van der Waals surface area contributed by atoms with E-state index in [4.69, 9.17) is 0 Å². The van der Waals surface area contributed by atoms with E-state index in [9.17, 15) is 9.18 Å². The second kappa shape index (κ2) is 8.01. The van der Waals surface area contributed by atoms with Crippen LogP contribution in [0.3, 0.4) is 0 Å². The first kappa shape index (κ1) is 17.9. The smallest absolute Gasteiger partial charge is 0.223 e. The molecule has 5 nitrogen and oxygen atoms in total. The molecule has 1 amide bonds. The van der Waals surface area contributed by atoms with Crippen LogP contribution in [0.2, 0.25) is 0 Å². The Hall–Kier alpha value is -1.86. The van der Waals surface area contributed by atoms with Crippen molar-refractivity contribution in [2.45, 2.75) is 39.7 Å². The van der Waals surface area contributed by atoms with Crippen LogP contribution in [0.4, 0.5) is 9.52 Å². The number of hydrogen-bond acceptors (Lipinski definition) is 5. The van der Waals surface area contributed by atoms with E-state index >= 15 is 0 Å². The minimum absolute atomic E-state index is 0.0983. The number of piperidine rings is 1. The van der Waals surface area contributed by atoms with Gasteiger partial charge in [-0.15, -0.1) is 11.3 Å². The summed E-state index contributed by atoms with van der Waals surface area (Å²) in [6.07, 6.45) is 6.66. The summed E-state index contributed by atoms with van der Waals surface area (Å²) in [7, 11) is 0. The number of rotatable bonds is 5. The molecule has 2 aromatic rings. The summed E-state index contributed by atoms with van der Waals surface area (Å²) in [6, 6.07) is 1.57. The maximum atomic E-state index is 13.4. The molecule has 2 aromatic heterocycles. The van der Waals surface area contributed by atoms with Crippen molar-refractivity contribution in [2.24, 2.45) is 5.92 Å². The Morgan fingerprint density at radius 1 is 1.44 bits per heavy atom. The van der Waals surface area contributed by atoms with Gasteiger partial charge in [0.15, 0.2) is 5.13 Å². The summed E-state index contributed by atoms with van der Waals surface area (Å²) >= 11 is 1.52. The summed E-state index contributed by atoms with van der Waals surface area (Å²) in [6.45, 7) is 6.38. The van der Waals surface area contributed by atoms with Gasteiger partial charge in [0.1, 0.15) is 0 Å². The summed E-state index contributed by atoms with van der Waals surface area (Å²) in [5, 5.41) is 3.38. The van der Waals surface area contributed by atoms with Gasteiger partial charge in [-0.05, 0) is 55.8 Å². The Morgan fingerprint density at radius 3 is 3.08 bits per heavy atom. The normalized spacial score (nSPS) is 18.3. The Morgan fingerprint density at radius 2 is 2.28 bits per heavy atom. The number of hydrogen-bond donors (Lipinski definition) is 1. The van der Waals surface area contributed by atoms with Gasteiger partial charge in [0.25, 0.3) is 0 Å². The van der Waals surface area contributed by atoms with Crippen molar-refractivity contribution in [2.75, 3.05) is 18.4 Å². The predicted molar refractivity (Wildman–Crippen MR) is 97.1 cm³/mol. The SMILES string of the molecule is CC(=O)Nc1ncc(CN2CCCC(Cc3cc(F)ncc3C)C2)s1. The average Bonchev–Trinajstić information content (AvgIpc) is 2.97. The molecule has 3 rings (SSSR count). The van der Waals surface area contributed by atoms with Gasteiger partial charge < -0.3 is 5.32 Å². The lowest BCUT2D eigenvalue weighted by atomic mass is 9.90. The largest absolute Gasteiger partial charge is 0.302 e. The third-order valence-electron chi connectivity index (χ3n) is 4.51. The van der Waals surface area contributed by atoms with Gasteiger partial charge in [0.2, 0.25) is 11.9 Å². The molecule has 1 atom stereocenters. The zero-order valence-corrected chi connectivity index (χ0v) is 15.4. The van der Waals surface area contributed by atoms with E-state index in [0.29, 0.717) is 11.0 Å². The first-order valence-electron chi connectivity index (χ1n) is 8.55. The van der Waals surface area contributed by atoms with E-state index in [1.54, 1.807) is 12.3 Å². The van der Waals surface area contributed by atoms with Crippen molar-refractivity contribution < 1.29 is 9.18 Å². The molecule has 1 saturated heterocycles. The highest BCUT2D eigenvalue weighted by Gasteiger charge is 2.21. The van der Waals surface area contributed by atoms with Crippen molar-refractivity contribution in [1.82, 2.24) is 14.9 Å². The van der Waals surface area contributed by atoms with Crippen molar-refractivity contribution in [1.29, 1.82) is 0 Å². The lowest BCUT2D eigenvalue weighted by Crippen LogP contribution is -2.35. The number of aromatic nitrogens is 2. The Labute approximate surface area is 151 Å². The van der Waals surface area contributed by atoms with Crippen LogP contribution in [-0.4, -0.2) is 33.9 Å². The topological polar surface area (TPSA) is 58.1 Å². The fourth-order valence-electron chi connectivity index (χ4n) is 3.34. The minimum Gasteiger partial charge on any atom is -0.302 e. The Bertz CT molecular complexity index is 748. The molecule has 3 heterocycles. The van der Waals surface area contributed by atoms with Gasteiger partial charge in [0, 0.05) is 37.3 Å². The van der Waals surface area contributed by atoms with Crippen LogP contribution in [0.1, 0.15) is 35.8 Å². The van der Waals surface area contributed by atoms with E-state index in [1.807, 2.05) is 13.1 Å². The second-order valence-electron chi connectivity index (χ2n) is 6.69. The molecule has 1 fully saturated rings. The molecule has 134 valence electrons. The number of nitrogens with one attached hydrogen (secondary N) is 1. The quantitative estimate of drug-likeness (QED) is 0.828. The molecule has 0 aliphatic carbocycles. The number of amides is 1. The fourth-order valence-corrected chi connectivity index (χ4v) is 4.24. The molecule has 1 unspecified atom stereocenters. The monoisotopic (exact) mass is 362 g/mol. The first-order chi connectivity index (χ1) is 12.0. The number of halogens is 1. The van der Waals surface area contributed by atoms with Crippen LogP contribution < -0.4 is 5.32 Å². The van der Waals surface area contributed by atoms with Gasteiger partial charge in [-0.3, -0.25) is 9.69 Å². The Balaban J connectivity index is 1.58. The Kier molecular flexibility index (Phi) is 5.75. The van der Waals surface area contributed by atoms with Crippen LogP contribution >= 0.6 is 11.3 Å². The fraction of sp³-hybridized carbons (Fsp3) is 0.500. The zero-order chi connectivity index (χ0) is 17.8. The number of carbonyl (C=O) groups excluding carboxylic acids is 1. The van der Waals surface area contributed by atoms with E-state index in [1.165, 1.54) is 24.7 Å². The summed E-state index contributed by atoms with van der Waals surface area (Å²) in [5.41, 5.74) is 2.12. The maximum absolute atomic E-state index is 13.4. The number of pyridine rings is 1. The molecule has 1 aliphatic heterocycles. The molecule has 0 radical (unpaired) electrons. The van der Waals surface area contributed by atoms with Gasteiger partial charge in [-0.2, -0.15) is 4.39 Å². The molecule has 0 saturated carbocycles. The number of carbonyl (C=O) groups is 1. The van der Waals surface area contributed by atoms with E-state index in [-0.39, 0.29) is 5.91 Å². The van der Waals surface area contributed by atoms with Crippen molar-refractivity contribution in [3.8, 4) is 0 Å². The molecular formula is C18H23FN4OS. The summed E-state index contributed by atoms with van der Waals surface area (Å²) in [4.78, 5) is 22.6. The lowest BCUT2D eigenvalue weighted by Gasteiger charge is -2.32. The molecule has 25 heavy (non-hydrogen) atoms. The zero-order valence-electron chi connectivity index (χ0n) is 14.6. The van der Waals surface area contributed by atoms with Crippen LogP contribution in [0.15, 0.2) is 18.5 Å². The summed E-state index contributed by atoms with van der Waals surface area (Å²) in [5.74, 6) is 0.0271. The van der Waals surface area contributed by atoms with Crippen molar-refractivity contribution in [3.05, 3.63) is 40.4 Å². The lowest BCUT2D eigenvalue weighted by molar-refractivity contribution is -0.114. The number of anilines is 1. The number of likely N-dealkylation sites (tertiary alicyclic amines) is 1. The molecule has 0 aromatic carbocycles. The number of aryl methyl sites for hydroxylation is 1. The first-order valence-corrected chi connectivity index (χ1v) is 9.37. The third-order valence-corrected chi connectivity index (χ3v) is 5.41. The van der Waals surface area contributed by atoms with Crippen molar-refractivity contribution >= 4 is 22.4 Å². The highest BCUT2D eigenvalue weighted by Crippen LogP contribution is 2.26. The molecule has 0 bridgehead atoms. The summed E-state index contributed by atoms with van der Waals surface area (Å²) < 4.78 is 13.4. The van der Waals surface area contributed by atoms with E-state index in [2.05, 4.69) is 20.2 Å². The van der Waals surface area contributed by atoms with Gasteiger partial charge in [0.05, 0.1) is 0 Å².